The second-order valence-electron chi connectivity index (χ2n) is 9.06. The molecule has 0 radical (unpaired) electrons. The van der Waals surface area contributed by atoms with E-state index in [-0.39, 0.29) is 29.3 Å². The van der Waals surface area contributed by atoms with Crippen molar-refractivity contribution in [2.45, 2.75) is 51.7 Å². The van der Waals surface area contributed by atoms with Gasteiger partial charge < -0.3 is 19.9 Å². The van der Waals surface area contributed by atoms with Crippen LogP contribution in [0.4, 0.5) is 0 Å². The van der Waals surface area contributed by atoms with Crippen molar-refractivity contribution in [3.63, 3.8) is 0 Å². The number of fused-ring (bicyclic) bond motifs is 2. The highest BCUT2D eigenvalue weighted by Crippen LogP contribution is 2.55. The van der Waals surface area contributed by atoms with Gasteiger partial charge in [-0.15, -0.1) is 0 Å². The van der Waals surface area contributed by atoms with Crippen LogP contribution < -0.4 is 10.1 Å². The van der Waals surface area contributed by atoms with Crippen LogP contribution in [0.15, 0.2) is 35.9 Å². The molecule has 158 valence electrons. The fourth-order valence-corrected chi connectivity index (χ4v) is 5.69. The predicted octanol–water partition coefficient (Wildman–Crippen LogP) is 3.11. The summed E-state index contributed by atoms with van der Waals surface area (Å²) in [6.07, 6.45) is 5.27. The number of carbonyl (C=O) groups is 1. The van der Waals surface area contributed by atoms with Gasteiger partial charge in [0, 0.05) is 24.3 Å². The number of aliphatic hydroxyl groups excluding tert-OH is 1. The van der Waals surface area contributed by atoms with Crippen molar-refractivity contribution in [2.24, 2.45) is 23.2 Å². The van der Waals surface area contributed by atoms with Crippen molar-refractivity contribution in [1.29, 1.82) is 0 Å². The molecule has 1 aromatic carbocycles. The summed E-state index contributed by atoms with van der Waals surface area (Å²) in [6, 6.07) is 7.99. The van der Waals surface area contributed by atoms with Crippen molar-refractivity contribution in [3.8, 4) is 5.75 Å². The van der Waals surface area contributed by atoms with Gasteiger partial charge in [0.05, 0.1) is 19.1 Å². The Morgan fingerprint density at radius 1 is 1.34 bits per heavy atom. The van der Waals surface area contributed by atoms with Gasteiger partial charge in [0.2, 0.25) is 0 Å². The van der Waals surface area contributed by atoms with Crippen LogP contribution in [-0.4, -0.2) is 43.5 Å². The number of allylic oxidation sites excluding steroid dienone is 1. The minimum absolute atomic E-state index is 0.135. The number of nitrogens with one attached hydrogen (secondary N) is 1. The quantitative estimate of drug-likeness (QED) is 0.437. The third-order valence-corrected chi connectivity index (χ3v) is 7.70. The Hall–Kier alpha value is -1.85. The van der Waals surface area contributed by atoms with Crippen LogP contribution in [0.3, 0.4) is 0 Å². The number of aliphatic hydroxyl groups is 1. The lowest BCUT2D eigenvalue weighted by molar-refractivity contribution is -0.144. The molecule has 3 aliphatic rings. The Kier molecular flexibility index (Phi) is 5.71. The van der Waals surface area contributed by atoms with E-state index in [1.54, 1.807) is 7.11 Å². The first-order valence-corrected chi connectivity index (χ1v) is 10.9. The van der Waals surface area contributed by atoms with Crippen molar-refractivity contribution in [3.05, 3.63) is 41.5 Å². The minimum Gasteiger partial charge on any atom is -0.496 e. The summed E-state index contributed by atoms with van der Waals surface area (Å²) in [5.41, 5.74) is 2.18. The summed E-state index contributed by atoms with van der Waals surface area (Å²) in [5, 5.41) is 14.8. The number of hydrogen-bond donors (Lipinski definition) is 2. The number of carbonyl (C=O) groups excluding carboxylic acids is 1. The molecule has 5 nitrogen and oxygen atoms in total. The van der Waals surface area contributed by atoms with Gasteiger partial charge in [-0.25, -0.2) is 0 Å². The van der Waals surface area contributed by atoms with Crippen LogP contribution >= 0.6 is 0 Å². The molecular weight excluding hydrogens is 366 g/mol. The summed E-state index contributed by atoms with van der Waals surface area (Å²) >= 11 is 0. The van der Waals surface area contributed by atoms with E-state index in [1.165, 1.54) is 5.57 Å². The first-order chi connectivity index (χ1) is 14.0. The molecule has 1 saturated carbocycles. The van der Waals surface area contributed by atoms with Crippen molar-refractivity contribution >= 4 is 5.97 Å². The second-order valence-corrected chi connectivity index (χ2v) is 9.06. The molecule has 29 heavy (non-hydrogen) atoms. The number of ether oxygens (including phenoxy) is 2. The van der Waals surface area contributed by atoms with E-state index >= 15 is 0 Å². The summed E-state index contributed by atoms with van der Waals surface area (Å²) in [5.74, 6) is 0.702. The van der Waals surface area contributed by atoms with Crippen LogP contribution in [0.25, 0.3) is 0 Å². The minimum atomic E-state index is -0.546. The fourth-order valence-electron chi connectivity index (χ4n) is 5.69. The van der Waals surface area contributed by atoms with Crippen molar-refractivity contribution in [2.75, 3.05) is 20.2 Å². The Morgan fingerprint density at radius 2 is 2.14 bits per heavy atom. The fraction of sp³-hybridized carbons (Fsp3) is 0.625. The zero-order valence-corrected chi connectivity index (χ0v) is 17.7. The van der Waals surface area contributed by atoms with Crippen LogP contribution in [0.5, 0.6) is 5.75 Å². The Labute approximate surface area is 173 Å². The van der Waals surface area contributed by atoms with E-state index in [1.807, 2.05) is 18.2 Å². The van der Waals surface area contributed by atoms with E-state index in [9.17, 15) is 9.90 Å². The van der Waals surface area contributed by atoms with Crippen LogP contribution in [0.2, 0.25) is 0 Å². The zero-order chi connectivity index (χ0) is 20.6. The van der Waals surface area contributed by atoms with E-state index in [0.29, 0.717) is 12.5 Å². The van der Waals surface area contributed by atoms with Gasteiger partial charge in [-0.2, -0.15) is 0 Å². The normalized spacial score (nSPS) is 36.1. The van der Waals surface area contributed by atoms with E-state index < -0.39 is 6.10 Å². The second kappa shape index (κ2) is 8.11. The molecule has 2 aliphatic carbocycles. The molecule has 1 aliphatic heterocycles. The maximum absolute atomic E-state index is 12.6. The van der Waals surface area contributed by atoms with Gasteiger partial charge >= 0.3 is 5.97 Å². The molecule has 1 saturated heterocycles. The highest BCUT2D eigenvalue weighted by atomic mass is 16.6. The van der Waals surface area contributed by atoms with Crippen molar-refractivity contribution in [1.82, 2.24) is 5.32 Å². The summed E-state index contributed by atoms with van der Waals surface area (Å²) in [7, 11) is 1.68. The molecule has 0 spiro atoms. The van der Waals surface area contributed by atoms with Gasteiger partial charge in [-0.3, -0.25) is 4.79 Å². The van der Waals surface area contributed by atoms with Crippen molar-refractivity contribution < 1.29 is 19.4 Å². The summed E-state index contributed by atoms with van der Waals surface area (Å²) in [6.45, 7) is 5.69. The Morgan fingerprint density at radius 3 is 2.93 bits per heavy atom. The SMILES string of the molecule is COc1ccccc1CCNC[C@H]1C(=O)O[C@@H]2CC3=CCC[C@H](C)[C@@]3(C)[C@@H](O)[C@@H]21. The number of benzene rings is 1. The number of hydrogen-bond acceptors (Lipinski definition) is 5. The Bertz CT molecular complexity index is 791. The first kappa shape index (κ1) is 20.4. The molecule has 1 heterocycles. The number of rotatable bonds is 6. The average Bonchev–Trinajstić information content (AvgIpc) is 3.03. The number of methoxy groups -OCH3 is 1. The zero-order valence-electron chi connectivity index (χ0n) is 17.7. The van der Waals surface area contributed by atoms with E-state index in [0.717, 1.165) is 43.5 Å². The summed E-state index contributed by atoms with van der Waals surface area (Å²) < 4.78 is 11.1. The maximum Gasteiger partial charge on any atom is 0.311 e. The maximum atomic E-state index is 12.6. The average molecular weight is 400 g/mol. The molecule has 2 N–H and O–H groups in total. The first-order valence-electron chi connectivity index (χ1n) is 10.9. The van der Waals surface area contributed by atoms with Gasteiger partial charge in [0.25, 0.3) is 0 Å². The van der Waals surface area contributed by atoms with Gasteiger partial charge in [0.15, 0.2) is 0 Å². The number of esters is 1. The smallest absolute Gasteiger partial charge is 0.311 e. The highest BCUT2D eigenvalue weighted by molar-refractivity contribution is 5.76. The molecule has 0 bridgehead atoms. The third kappa shape index (κ3) is 3.49. The number of para-hydroxylation sites is 1. The molecule has 4 rings (SSSR count). The van der Waals surface area contributed by atoms with E-state index in [4.69, 9.17) is 9.47 Å². The Balaban J connectivity index is 1.41. The molecule has 5 heteroatoms. The van der Waals surface area contributed by atoms with E-state index in [2.05, 4.69) is 31.3 Å². The predicted molar refractivity (Wildman–Crippen MR) is 112 cm³/mol. The van der Waals surface area contributed by atoms with Crippen LogP contribution in [0.1, 0.15) is 38.7 Å². The lowest BCUT2D eigenvalue weighted by Crippen LogP contribution is -2.54. The monoisotopic (exact) mass is 399 g/mol. The molecule has 0 unspecified atom stereocenters. The lowest BCUT2D eigenvalue weighted by Gasteiger charge is -2.51. The summed E-state index contributed by atoms with van der Waals surface area (Å²) in [4.78, 5) is 12.6. The lowest BCUT2D eigenvalue weighted by atomic mass is 9.55. The largest absolute Gasteiger partial charge is 0.496 e. The van der Waals surface area contributed by atoms with Gasteiger partial charge in [-0.1, -0.05) is 43.7 Å². The standard InChI is InChI=1S/C24H33NO4/c1-15-7-6-9-17-13-20-21(22(26)24(15,17)2)18(23(27)29-20)14-25-12-11-16-8-4-5-10-19(16)28-3/h4-5,8-10,15,18,20-22,25-26H,6-7,11-14H2,1-3H3/t15-,18+,20+,21+,22-,24+/m0/s1. The third-order valence-electron chi connectivity index (χ3n) is 7.70. The molecule has 6 atom stereocenters. The highest BCUT2D eigenvalue weighted by Gasteiger charge is 2.59. The van der Waals surface area contributed by atoms with Gasteiger partial charge in [-0.05, 0) is 43.4 Å². The molecule has 2 fully saturated rings. The molecule has 1 aromatic rings. The molecule has 0 aromatic heterocycles. The van der Waals surface area contributed by atoms with Gasteiger partial charge in [0.1, 0.15) is 11.9 Å². The topological polar surface area (TPSA) is 67.8 Å². The van der Waals surface area contributed by atoms with Crippen LogP contribution in [0, 0.1) is 23.2 Å². The molecular formula is C24H33NO4. The molecule has 0 amide bonds. The van der Waals surface area contributed by atoms with Crippen LogP contribution in [-0.2, 0) is 16.0 Å².